The minimum atomic E-state index is -0.207. The molecule has 0 heterocycles. The Kier molecular flexibility index (Phi) is 5.36. The van der Waals surface area contributed by atoms with Crippen LogP contribution in [0.3, 0.4) is 0 Å². The van der Waals surface area contributed by atoms with Gasteiger partial charge in [-0.3, -0.25) is 4.99 Å². The molecule has 1 rings (SSSR count). The summed E-state index contributed by atoms with van der Waals surface area (Å²) in [5.41, 5.74) is 3.34. The van der Waals surface area contributed by atoms with Crippen LogP contribution in [0.25, 0.3) is 5.57 Å². The van der Waals surface area contributed by atoms with E-state index in [2.05, 4.69) is 4.99 Å². The van der Waals surface area contributed by atoms with E-state index >= 15 is 0 Å². The van der Waals surface area contributed by atoms with Crippen molar-refractivity contribution in [2.45, 2.75) is 20.3 Å². The summed E-state index contributed by atoms with van der Waals surface area (Å²) in [6.45, 7) is 3.92. The lowest BCUT2D eigenvalue weighted by Gasteiger charge is -2.06. The van der Waals surface area contributed by atoms with Crippen LogP contribution in [0.15, 0.2) is 29.3 Å². The number of aliphatic imine (C=N–C) groups is 1. The fourth-order valence-electron chi connectivity index (χ4n) is 1.59. The monoisotopic (exact) mass is 253 g/mol. The molecule has 0 aliphatic rings. The Hall–Kier alpha value is -1.15. The van der Waals surface area contributed by atoms with Crippen LogP contribution in [0.1, 0.15) is 25.0 Å². The Morgan fingerprint density at radius 2 is 2.18 bits per heavy atom. The van der Waals surface area contributed by atoms with E-state index in [1.807, 2.05) is 32.1 Å². The summed E-state index contributed by atoms with van der Waals surface area (Å²) in [6, 6.07) is 5.19. The quantitative estimate of drug-likeness (QED) is 0.566. The van der Waals surface area contributed by atoms with Crippen molar-refractivity contribution >= 4 is 22.9 Å². The minimum Gasteiger partial charge on any atom is -0.292 e. The van der Waals surface area contributed by atoms with Crippen molar-refractivity contribution in [3.63, 3.8) is 0 Å². The molecule has 0 saturated heterocycles. The lowest BCUT2D eigenvalue weighted by molar-refractivity contribution is 0.623. The Labute approximate surface area is 107 Å². The highest BCUT2D eigenvalue weighted by atomic mass is 35.5. The van der Waals surface area contributed by atoms with E-state index < -0.39 is 0 Å². The number of rotatable bonds is 4. The van der Waals surface area contributed by atoms with E-state index in [0.717, 1.165) is 23.3 Å². The van der Waals surface area contributed by atoms with Crippen LogP contribution < -0.4 is 0 Å². The van der Waals surface area contributed by atoms with Crippen molar-refractivity contribution in [2.24, 2.45) is 4.99 Å². The van der Waals surface area contributed by atoms with E-state index in [-0.39, 0.29) is 5.82 Å². The minimum absolute atomic E-state index is 0.207. The highest BCUT2D eigenvalue weighted by Crippen LogP contribution is 2.20. The maximum absolute atomic E-state index is 13.7. The third-order valence-electron chi connectivity index (χ3n) is 2.67. The van der Waals surface area contributed by atoms with Gasteiger partial charge in [0.2, 0.25) is 0 Å². The van der Waals surface area contributed by atoms with Crippen LogP contribution in [0, 0.1) is 5.82 Å². The second-order valence-corrected chi connectivity index (χ2v) is 4.11. The van der Waals surface area contributed by atoms with E-state index in [1.165, 1.54) is 6.07 Å². The molecule has 3 heteroatoms. The van der Waals surface area contributed by atoms with Crippen molar-refractivity contribution in [3.8, 4) is 0 Å². The second kappa shape index (κ2) is 6.55. The molecule has 0 unspecified atom stereocenters. The summed E-state index contributed by atoms with van der Waals surface area (Å²) in [6.07, 6.45) is 2.72. The van der Waals surface area contributed by atoms with Gasteiger partial charge in [-0.15, -0.1) is 11.6 Å². The molecule has 0 aromatic heterocycles. The van der Waals surface area contributed by atoms with Gasteiger partial charge in [0, 0.05) is 18.3 Å². The van der Waals surface area contributed by atoms with Gasteiger partial charge in [-0.1, -0.05) is 13.0 Å². The van der Waals surface area contributed by atoms with Gasteiger partial charge < -0.3 is 0 Å². The fraction of sp³-hybridized carbons (Fsp3) is 0.357. The number of hydrogen-bond donors (Lipinski definition) is 0. The molecular formula is C14H17ClFN. The lowest BCUT2D eigenvalue weighted by Crippen LogP contribution is -1.98. The van der Waals surface area contributed by atoms with Crippen molar-refractivity contribution in [2.75, 3.05) is 12.9 Å². The average molecular weight is 254 g/mol. The zero-order chi connectivity index (χ0) is 12.8. The largest absolute Gasteiger partial charge is 0.292 e. The smallest absolute Gasteiger partial charge is 0.130 e. The Balaban J connectivity index is 3.15. The number of hydrogen-bond acceptors (Lipinski definition) is 1. The number of aryl methyl sites for hydroxylation is 1. The molecule has 17 heavy (non-hydrogen) atoms. The van der Waals surface area contributed by atoms with Gasteiger partial charge in [-0.05, 0) is 42.7 Å². The molecule has 0 bridgehead atoms. The van der Waals surface area contributed by atoms with Gasteiger partial charge in [-0.25, -0.2) is 4.39 Å². The standard InChI is InChI=1S/C14H17ClFN/c1-4-11-5-6-14(16)13(8-11)10(2)7-12(9-15)17-3/h5-8H,4,9H2,1-3H3/b10-7+,17-12+. The van der Waals surface area contributed by atoms with Crippen molar-refractivity contribution < 1.29 is 4.39 Å². The van der Waals surface area contributed by atoms with Crippen molar-refractivity contribution in [1.82, 2.24) is 0 Å². The molecule has 0 amide bonds. The van der Waals surface area contributed by atoms with Crippen LogP contribution in [0.5, 0.6) is 0 Å². The van der Waals surface area contributed by atoms with Crippen LogP contribution >= 0.6 is 11.6 Å². The number of allylic oxidation sites excluding steroid dienone is 2. The van der Waals surface area contributed by atoms with Crippen LogP contribution in [0.2, 0.25) is 0 Å². The molecule has 0 N–H and O–H groups in total. The summed E-state index contributed by atoms with van der Waals surface area (Å²) < 4.78 is 13.7. The third-order valence-corrected chi connectivity index (χ3v) is 2.94. The molecule has 1 aromatic rings. The number of benzene rings is 1. The predicted molar refractivity (Wildman–Crippen MR) is 73.5 cm³/mol. The molecule has 0 fully saturated rings. The summed E-state index contributed by atoms with van der Waals surface area (Å²) in [7, 11) is 1.68. The highest BCUT2D eigenvalue weighted by Gasteiger charge is 2.05. The molecule has 0 saturated carbocycles. The zero-order valence-electron chi connectivity index (χ0n) is 10.4. The van der Waals surface area contributed by atoms with Gasteiger partial charge in [0.25, 0.3) is 0 Å². The number of alkyl halides is 1. The Morgan fingerprint density at radius 3 is 2.71 bits per heavy atom. The predicted octanol–water partition coefficient (Wildman–Crippen LogP) is 4.10. The van der Waals surface area contributed by atoms with Crippen molar-refractivity contribution in [3.05, 3.63) is 41.2 Å². The van der Waals surface area contributed by atoms with Gasteiger partial charge >= 0.3 is 0 Å². The molecule has 0 spiro atoms. The first kappa shape index (κ1) is 13.9. The summed E-state index contributed by atoms with van der Waals surface area (Å²) in [5.74, 6) is 0.129. The highest BCUT2D eigenvalue weighted by molar-refractivity contribution is 6.31. The summed E-state index contributed by atoms with van der Waals surface area (Å²) in [5, 5.41) is 0. The molecule has 0 atom stereocenters. The summed E-state index contributed by atoms with van der Waals surface area (Å²) in [4.78, 5) is 4.03. The molecule has 92 valence electrons. The van der Waals surface area contributed by atoms with E-state index in [9.17, 15) is 4.39 Å². The van der Waals surface area contributed by atoms with Crippen LogP contribution in [0.4, 0.5) is 4.39 Å². The zero-order valence-corrected chi connectivity index (χ0v) is 11.2. The number of nitrogens with zero attached hydrogens (tertiary/aromatic N) is 1. The topological polar surface area (TPSA) is 12.4 Å². The normalized spacial score (nSPS) is 13.0. The van der Waals surface area contributed by atoms with Gasteiger partial charge in [-0.2, -0.15) is 0 Å². The SMILES string of the molecule is CCc1ccc(F)c(/C(C)=C/C(CCl)=N\C)c1. The van der Waals surface area contributed by atoms with Crippen LogP contribution in [-0.4, -0.2) is 18.6 Å². The molecule has 0 radical (unpaired) electrons. The fourth-order valence-corrected chi connectivity index (χ4v) is 1.78. The molecule has 0 aliphatic heterocycles. The molecular weight excluding hydrogens is 237 g/mol. The third kappa shape index (κ3) is 3.67. The lowest BCUT2D eigenvalue weighted by atomic mass is 10.0. The van der Waals surface area contributed by atoms with E-state index in [4.69, 9.17) is 11.6 Å². The van der Waals surface area contributed by atoms with Gasteiger partial charge in [0.05, 0.1) is 5.88 Å². The molecule has 1 aromatic carbocycles. The second-order valence-electron chi connectivity index (χ2n) is 3.84. The van der Waals surface area contributed by atoms with E-state index in [0.29, 0.717) is 11.4 Å². The van der Waals surface area contributed by atoms with Crippen molar-refractivity contribution in [1.29, 1.82) is 0 Å². The molecule has 1 nitrogen and oxygen atoms in total. The maximum Gasteiger partial charge on any atom is 0.130 e. The van der Waals surface area contributed by atoms with Gasteiger partial charge in [0.15, 0.2) is 0 Å². The maximum atomic E-state index is 13.7. The summed E-state index contributed by atoms with van der Waals surface area (Å²) >= 11 is 5.73. The first-order valence-corrected chi connectivity index (χ1v) is 6.14. The first-order valence-electron chi connectivity index (χ1n) is 5.61. The Morgan fingerprint density at radius 1 is 1.47 bits per heavy atom. The number of halogens is 2. The van der Waals surface area contributed by atoms with E-state index in [1.54, 1.807) is 7.05 Å². The van der Waals surface area contributed by atoms with Gasteiger partial charge in [0.1, 0.15) is 5.82 Å². The molecule has 0 aliphatic carbocycles. The average Bonchev–Trinajstić information content (AvgIpc) is 2.36. The Bertz CT molecular complexity index is 450. The van der Waals surface area contributed by atoms with Crippen LogP contribution in [-0.2, 0) is 6.42 Å². The first-order chi connectivity index (χ1) is 8.12.